The van der Waals surface area contributed by atoms with Gasteiger partial charge in [-0.3, -0.25) is 14.4 Å². The molecular formula is C20H21N5O3. The summed E-state index contributed by atoms with van der Waals surface area (Å²) >= 11 is 0. The van der Waals surface area contributed by atoms with Gasteiger partial charge in [-0.2, -0.15) is 5.10 Å². The van der Waals surface area contributed by atoms with Crippen LogP contribution in [0.2, 0.25) is 0 Å². The van der Waals surface area contributed by atoms with Crippen LogP contribution < -0.4 is 15.0 Å². The van der Waals surface area contributed by atoms with Gasteiger partial charge < -0.3 is 14.8 Å². The van der Waals surface area contributed by atoms with Crippen molar-refractivity contribution in [2.24, 2.45) is 7.05 Å². The number of nitrogens with one attached hydrogen (secondary N) is 1. The Morgan fingerprint density at radius 1 is 1.14 bits per heavy atom. The topological polar surface area (TPSA) is 95.6 Å². The van der Waals surface area contributed by atoms with E-state index in [0.717, 1.165) is 17.5 Å². The number of piperazine rings is 1. The van der Waals surface area contributed by atoms with Gasteiger partial charge in [0.2, 0.25) is 0 Å². The predicted octanol–water partition coefficient (Wildman–Crippen LogP) is 0.0217. The number of benzene rings is 1. The lowest BCUT2D eigenvalue weighted by atomic mass is 10.1. The molecule has 28 heavy (non-hydrogen) atoms. The number of aryl methyl sites for hydroxylation is 2. The molecule has 8 nitrogen and oxygen atoms in total. The standard InChI is InChI=1S/C20H21N5O3/c1-13-11-17(22-16-6-4-3-5-14(13)16)24-7-9-25(10-8-24)19(26)18-15(20(27)28)12-21-23(18)2/h3-6,11-12H,7-10H2,1-2H3,(H,27,28). The largest absolute Gasteiger partial charge is 0.545 e. The van der Waals surface area contributed by atoms with E-state index >= 15 is 0 Å². The van der Waals surface area contributed by atoms with E-state index in [2.05, 4.69) is 40.1 Å². The van der Waals surface area contributed by atoms with Gasteiger partial charge in [-0.05, 0) is 18.6 Å². The third-order valence-corrected chi connectivity index (χ3v) is 5.24. The number of pyridine rings is 1. The lowest BCUT2D eigenvalue weighted by Crippen LogP contribution is -2.50. The Labute approximate surface area is 162 Å². The zero-order valence-corrected chi connectivity index (χ0v) is 15.8. The summed E-state index contributed by atoms with van der Waals surface area (Å²) in [6, 6.07) is 10.3. The van der Waals surface area contributed by atoms with Crippen LogP contribution in [-0.4, -0.2) is 52.7 Å². The zero-order valence-electron chi connectivity index (χ0n) is 15.8. The Hall–Kier alpha value is -3.42. The van der Waals surface area contributed by atoms with Crippen LogP contribution >= 0.6 is 0 Å². The number of carbonyl (C=O) groups is 2. The van der Waals surface area contributed by atoms with Crippen LogP contribution in [0, 0.1) is 6.92 Å². The highest BCUT2D eigenvalue weighted by Gasteiger charge is 2.30. The molecule has 1 aromatic carbocycles. The first-order valence-corrected chi connectivity index (χ1v) is 9.15. The summed E-state index contributed by atoms with van der Waals surface area (Å²) in [6.45, 7) is 4.38. The second-order valence-corrected chi connectivity index (χ2v) is 6.98. The van der Waals surface area contributed by atoms with Crippen LogP contribution in [-0.2, 0) is 7.05 Å². The molecule has 8 heteroatoms. The number of para-hydroxylation sites is 1. The van der Waals surface area contributed by atoms with Gasteiger partial charge in [0, 0.05) is 24.1 Å². The van der Waals surface area contributed by atoms with E-state index in [4.69, 9.17) is 0 Å². The van der Waals surface area contributed by atoms with Crippen molar-refractivity contribution in [3.63, 3.8) is 0 Å². The minimum Gasteiger partial charge on any atom is -0.545 e. The number of hydrogen-bond donors (Lipinski definition) is 0. The molecule has 0 atom stereocenters. The molecule has 1 saturated heterocycles. The van der Waals surface area contributed by atoms with Crippen molar-refractivity contribution in [3.8, 4) is 0 Å². The Kier molecular flexibility index (Phi) is 4.46. The summed E-state index contributed by atoms with van der Waals surface area (Å²) < 4.78 is 1.29. The molecule has 4 rings (SSSR count). The lowest BCUT2D eigenvalue weighted by molar-refractivity contribution is -0.330. The molecule has 1 fully saturated rings. The first-order chi connectivity index (χ1) is 13.5. The fraction of sp³-hybridized carbons (Fsp3) is 0.300. The number of hydrogen-bond acceptors (Lipinski definition) is 5. The summed E-state index contributed by atoms with van der Waals surface area (Å²) in [5.41, 5.74) is 2.15. The van der Waals surface area contributed by atoms with Crippen molar-refractivity contribution in [1.82, 2.24) is 14.7 Å². The number of carbonyl (C=O) groups excluding carboxylic acids is 2. The molecule has 1 N–H and O–H groups in total. The highest BCUT2D eigenvalue weighted by Crippen LogP contribution is 2.20. The maximum absolute atomic E-state index is 12.8. The lowest BCUT2D eigenvalue weighted by Gasteiger charge is -2.31. The number of nitrogens with zero attached hydrogens (tertiary/aromatic N) is 4. The van der Waals surface area contributed by atoms with E-state index in [9.17, 15) is 14.7 Å². The van der Waals surface area contributed by atoms with Gasteiger partial charge in [0.1, 0.15) is 24.3 Å². The molecule has 1 aliphatic rings. The molecule has 0 radical (unpaired) electrons. The predicted molar refractivity (Wildman–Crippen MR) is 101 cm³/mol. The first kappa shape index (κ1) is 18.0. The average molecular weight is 379 g/mol. The third kappa shape index (κ3) is 3.06. The number of aromatic amines is 1. The first-order valence-electron chi connectivity index (χ1n) is 9.15. The Balaban J connectivity index is 1.52. The third-order valence-electron chi connectivity index (χ3n) is 5.24. The number of amides is 1. The summed E-state index contributed by atoms with van der Waals surface area (Å²) in [5, 5.41) is 16.3. The number of rotatable bonds is 3. The highest BCUT2D eigenvalue weighted by molar-refractivity contribution is 6.02. The van der Waals surface area contributed by atoms with E-state index in [0.29, 0.717) is 26.2 Å². The number of aromatic nitrogens is 3. The molecule has 3 heterocycles. The highest BCUT2D eigenvalue weighted by atomic mass is 16.4. The van der Waals surface area contributed by atoms with Crippen molar-refractivity contribution in [2.45, 2.75) is 6.92 Å². The molecule has 0 saturated carbocycles. The molecule has 144 valence electrons. The van der Waals surface area contributed by atoms with Gasteiger partial charge in [0.15, 0.2) is 0 Å². The van der Waals surface area contributed by atoms with Crippen molar-refractivity contribution in [1.29, 1.82) is 0 Å². The normalized spacial score (nSPS) is 14.5. The zero-order chi connectivity index (χ0) is 19.8. The fourth-order valence-electron chi connectivity index (χ4n) is 3.70. The fourth-order valence-corrected chi connectivity index (χ4v) is 3.70. The molecule has 0 unspecified atom stereocenters. The van der Waals surface area contributed by atoms with Crippen LogP contribution in [0.15, 0.2) is 36.5 Å². The summed E-state index contributed by atoms with van der Waals surface area (Å²) in [6.07, 6.45) is 1.16. The quantitative estimate of drug-likeness (QED) is 0.639. The Morgan fingerprint density at radius 3 is 2.57 bits per heavy atom. The number of aromatic carboxylic acids is 1. The van der Waals surface area contributed by atoms with E-state index in [1.165, 1.54) is 15.6 Å². The number of H-pyrrole nitrogens is 1. The average Bonchev–Trinajstić information content (AvgIpc) is 3.09. The van der Waals surface area contributed by atoms with Crippen molar-refractivity contribution < 1.29 is 19.7 Å². The second kappa shape index (κ2) is 6.95. The van der Waals surface area contributed by atoms with Crippen LogP contribution in [0.5, 0.6) is 0 Å². The summed E-state index contributed by atoms with van der Waals surface area (Å²) in [4.78, 5) is 31.4. The SMILES string of the molecule is Cc1cc(N2CCN(C(=O)c3c(C(=O)[O-])cnn3C)CC2)[nH+]c2ccccc12. The molecule has 0 aliphatic carbocycles. The number of fused-ring (bicyclic) bond motifs is 1. The van der Waals surface area contributed by atoms with Gasteiger partial charge in [-0.15, -0.1) is 0 Å². The molecule has 1 aliphatic heterocycles. The van der Waals surface area contributed by atoms with Gasteiger partial charge in [0.05, 0.1) is 25.3 Å². The van der Waals surface area contributed by atoms with Crippen LogP contribution in [0.25, 0.3) is 10.9 Å². The maximum Gasteiger partial charge on any atom is 0.275 e. The van der Waals surface area contributed by atoms with Crippen molar-refractivity contribution in [3.05, 3.63) is 53.3 Å². The molecule has 2 aromatic heterocycles. The van der Waals surface area contributed by atoms with Crippen LogP contribution in [0.1, 0.15) is 26.4 Å². The summed E-state index contributed by atoms with van der Waals surface area (Å²) in [7, 11) is 1.56. The number of carboxylic acids is 1. The molecule has 1 amide bonds. The monoisotopic (exact) mass is 379 g/mol. The Bertz CT molecular complexity index is 1070. The van der Waals surface area contributed by atoms with E-state index < -0.39 is 5.97 Å². The minimum absolute atomic E-state index is 0.0570. The van der Waals surface area contributed by atoms with Crippen LogP contribution in [0.3, 0.4) is 0 Å². The van der Waals surface area contributed by atoms with Crippen molar-refractivity contribution in [2.75, 3.05) is 31.1 Å². The number of anilines is 1. The van der Waals surface area contributed by atoms with Gasteiger partial charge >= 0.3 is 0 Å². The number of carboxylic acid groups (broad SMARTS) is 1. The summed E-state index contributed by atoms with van der Waals surface area (Å²) in [5.74, 6) is -0.715. The molecule has 0 spiro atoms. The Morgan fingerprint density at radius 2 is 1.86 bits per heavy atom. The van der Waals surface area contributed by atoms with E-state index in [1.807, 2.05) is 12.1 Å². The smallest absolute Gasteiger partial charge is 0.275 e. The van der Waals surface area contributed by atoms with E-state index in [1.54, 1.807) is 11.9 Å². The van der Waals surface area contributed by atoms with E-state index in [-0.39, 0.29) is 17.2 Å². The maximum atomic E-state index is 12.8. The minimum atomic E-state index is -1.39. The van der Waals surface area contributed by atoms with Crippen LogP contribution in [0.4, 0.5) is 5.82 Å². The van der Waals surface area contributed by atoms with Gasteiger partial charge in [0.25, 0.3) is 11.7 Å². The van der Waals surface area contributed by atoms with Gasteiger partial charge in [-0.25, -0.2) is 4.98 Å². The van der Waals surface area contributed by atoms with Gasteiger partial charge in [-0.1, -0.05) is 18.2 Å². The molecule has 0 bridgehead atoms. The molecule has 3 aromatic rings. The molecular weight excluding hydrogens is 358 g/mol. The second-order valence-electron chi connectivity index (χ2n) is 6.98. The van der Waals surface area contributed by atoms with Crippen molar-refractivity contribution >= 4 is 28.6 Å².